The van der Waals surface area contributed by atoms with Crippen LogP contribution in [-0.2, 0) is 35.1 Å². The van der Waals surface area contributed by atoms with Crippen molar-refractivity contribution in [3.05, 3.63) is 71.3 Å². The van der Waals surface area contributed by atoms with Crippen molar-refractivity contribution < 1.29 is 33.4 Å². The van der Waals surface area contributed by atoms with Gasteiger partial charge >= 0.3 is 12.1 Å². The third-order valence-electron chi connectivity index (χ3n) is 7.51. The van der Waals surface area contributed by atoms with Gasteiger partial charge in [-0.1, -0.05) is 68.3 Å². The van der Waals surface area contributed by atoms with Crippen LogP contribution in [0.3, 0.4) is 0 Å². The number of benzene rings is 2. The van der Waals surface area contributed by atoms with Crippen molar-refractivity contribution in [2.24, 2.45) is 11.7 Å². The number of amides is 4. The van der Waals surface area contributed by atoms with Crippen molar-refractivity contribution in [3.8, 4) is 12.3 Å². The summed E-state index contributed by atoms with van der Waals surface area (Å²) in [5.41, 5.74) is 5.23. The van der Waals surface area contributed by atoms with Gasteiger partial charge < -0.3 is 30.7 Å². The molecule has 50 heavy (non-hydrogen) atoms. The number of nitrogens with two attached hydrogens (primary N) is 1. The Kier molecular flexibility index (Phi) is 15.1. The van der Waals surface area contributed by atoms with E-state index in [1.54, 1.807) is 72.7 Å². The first-order valence-electron chi connectivity index (χ1n) is 16.9. The minimum atomic E-state index is -1.48. The maximum atomic E-state index is 14.7. The Hall–Kier alpha value is -4.85. The quantitative estimate of drug-likeness (QED) is 0.171. The minimum absolute atomic E-state index is 0.104. The van der Waals surface area contributed by atoms with E-state index in [0.717, 1.165) is 5.56 Å². The van der Waals surface area contributed by atoms with Gasteiger partial charge in [-0.3, -0.25) is 14.4 Å². The zero-order valence-electron chi connectivity index (χ0n) is 30.9. The highest BCUT2D eigenvalue weighted by Crippen LogP contribution is 2.30. The van der Waals surface area contributed by atoms with E-state index in [-0.39, 0.29) is 12.3 Å². The topological polar surface area (TPSA) is 157 Å². The lowest BCUT2D eigenvalue weighted by Gasteiger charge is -2.39. The fourth-order valence-electron chi connectivity index (χ4n) is 5.29. The Balaban J connectivity index is 2.78. The van der Waals surface area contributed by atoms with Gasteiger partial charge in [-0.05, 0) is 84.4 Å². The Morgan fingerprint density at radius 3 is 1.94 bits per heavy atom. The predicted molar refractivity (Wildman–Crippen MR) is 192 cm³/mol. The summed E-state index contributed by atoms with van der Waals surface area (Å²) < 4.78 is 11.1. The number of hydrogen-bond acceptors (Lipinski definition) is 7. The standard InChI is InChI=1S/C39H54N4O7/c1-11-28-19-15-16-20-29(28)33(34(45)41-31(36(47)49-38(5,6)7)23-27-17-13-12-14-18-27)43(26(4)22-21-25(2)3)35(46)30(24-32(40)44)42-37(48)50-39(8,9)10/h1,12-20,25-26,30-31,33H,21-24H2,2-10H3,(H2,40,44)(H,41,45)(H,42,48). The summed E-state index contributed by atoms with van der Waals surface area (Å²) in [7, 11) is 0. The van der Waals surface area contributed by atoms with Crippen LogP contribution in [-0.4, -0.2) is 64.0 Å². The minimum Gasteiger partial charge on any atom is -0.458 e. The molecule has 4 N–H and O–H groups in total. The number of primary amides is 1. The molecule has 0 aliphatic rings. The van der Waals surface area contributed by atoms with Gasteiger partial charge in [0.25, 0.3) is 0 Å². The Morgan fingerprint density at radius 2 is 1.40 bits per heavy atom. The molecule has 4 atom stereocenters. The first-order valence-corrected chi connectivity index (χ1v) is 16.9. The number of nitrogens with one attached hydrogen (secondary N) is 2. The predicted octanol–water partition coefficient (Wildman–Crippen LogP) is 5.20. The average molecular weight is 691 g/mol. The molecular weight excluding hydrogens is 636 g/mol. The highest BCUT2D eigenvalue weighted by Gasteiger charge is 2.41. The zero-order valence-corrected chi connectivity index (χ0v) is 30.9. The molecule has 2 rings (SSSR count). The molecule has 272 valence electrons. The van der Waals surface area contributed by atoms with Crippen molar-refractivity contribution in [2.45, 2.75) is 123 Å². The summed E-state index contributed by atoms with van der Waals surface area (Å²) >= 11 is 0. The van der Waals surface area contributed by atoms with E-state index in [9.17, 15) is 24.0 Å². The van der Waals surface area contributed by atoms with Crippen LogP contribution < -0.4 is 16.4 Å². The molecule has 11 heteroatoms. The van der Waals surface area contributed by atoms with Gasteiger partial charge in [0.2, 0.25) is 17.7 Å². The van der Waals surface area contributed by atoms with Gasteiger partial charge in [0.1, 0.15) is 29.3 Å². The van der Waals surface area contributed by atoms with Crippen LogP contribution in [0, 0.1) is 18.3 Å². The summed E-state index contributed by atoms with van der Waals surface area (Å²) in [6.07, 6.45) is 5.66. The average Bonchev–Trinajstić information content (AvgIpc) is 3.00. The highest BCUT2D eigenvalue weighted by molar-refractivity contribution is 5.96. The Morgan fingerprint density at radius 1 is 0.820 bits per heavy atom. The molecule has 0 saturated heterocycles. The lowest BCUT2D eigenvalue weighted by atomic mass is 9.93. The Bertz CT molecular complexity index is 1520. The molecule has 4 amide bonds. The molecule has 2 aromatic carbocycles. The van der Waals surface area contributed by atoms with Crippen molar-refractivity contribution in [2.75, 3.05) is 0 Å². The number of ether oxygens (including phenoxy) is 2. The lowest BCUT2D eigenvalue weighted by molar-refractivity contribution is -0.159. The highest BCUT2D eigenvalue weighted by atomic mass is 16.6. The lowest BCUT2D eigenvalue weighted by Crippen LogP contribution is -2.57. The van der Waals surface area contributed by atoms with E-state index in [2.05, 4.69) is 16.6 Å². The second kappa shape index (κ2) is 18.2. The van der Waals surface area contributed by atoms with Gasteiger partial charge in [0.15, 0.2) is 0 Å². The maximum absolute atomic E-state index is 14.7. The molecule has 4 unspecified atom stereocenters. The fourth-order valence-corrected chi connectivity index (χ4v) is 5.29. The van der Waals surface area contributed by atoms with Gasteiger partial charge in [0, 0.05) is 18.0 Å². The molecule has 0 fully saturated rings. The zero-order chi connectivity index (χ0) is 37.8. The molecule has 0 aromatic heterocycles. The molecule has 11 nitrogen and oxygen atoms in total. The monoisotopic (exact) mass is 690 g/mol. The second-order valence-corrected chi connectivity index (χ2v) is 14.9. The number of esters is 1. The van der Waals surface area contributed by atoms with E-state index < -0.39 is 71.6 Å². The Labute approximate surface area is 297 Å². The molecular formula is C39H54N4O7. The maximum Gasteiger partial charge on any atom is 0.408 e. The molecule has 0 spiro atoms. The van der Waals surface area contributed by atoms with Crippen LogP contribution in [0.4, 0.5) is 4.79 Å². The third-order valence-corrected chi connectivity index (χ3v) is 7.51. The van der Waals surface area contributed by atoms with E-state index in [4.69, 9.17) is 21.6 Å². The molecule has 0 saturated carbocycles. The van der Waals surface area contributed by atoms with Crippen molar-refractivity contribution in [1.82, 2.24) is 15.5 Å². The largest absolute Gasteiger partial charge is 0.458 e. The number of terminal acetylenes is 1. The summed E-state index contributed by atoms with van der Waals surface area (Å²) in [6.45, 7) is 16.0. The molecule has 2 aromatic rings. The summed E-state index contributed by atoms with van der Waals surface area (Å²) in [5, 5.41) is 5.36. The third kappa shape index (κ3) is 13.6. The van der Waals surface area contributed by atoms with Crippen LogP contribution in [0.5, 0.6) is 0 Å². The van der Waals surface area contributed by atoms with Crippen LogP contribution in [0.25, 0.3) is 0 Å². The number of nitrogens with zero attached hydrogens (tertiary/aromatic N) is 1. The van der Waals surface area contributed by atoms with E-state index >= 15 is 0 Å². The van der Waals surface area contributed by atoms with Gasteiger partial charge in [-0.2, -0.15) is 0 Å². The first-order chi connectivity index (χ1) is 23.2. The van der Waals surface area contributed by atoms with Gasteiger partial charge in [-0.25, -0.2) is 9.59 Å². The fraction of sp³-hybridized carbons (Fsp3) is 0.513. The summed E-state index contributed by atoms with van der Waals surface area (Å²) in [6, 6.07) is 11.2. The second-order valence-electron chi connectivity index (χ2n) is 14.9. The molecule has 0 aliphatic heterocycles. The van der Waals surface area contributed by atoms with Gasteiger partial charge in [0.05, 0.1) is 6.42 Å². The first kappa shape index (κ1) is 41.3. The smallest absolute Gasteiger partial charge is 0.408 e. The van der Waals surface area contributed by atoms with Gasteiger partial charge in [-0.15, -0.1) is 6.42 Å². The van der Waals surface area contributed by atoms with Crippen molar-refractivity contribution in [1.29, 1.82) is 0 Å². The van der Waals surface area contributed by atoms with E-state index in [1.165, 1.54) is 4.90 Å². The number of carbonyl (C=O) groups excluding carboxylic acids is 5. The molecule has 0 radical (unpaired) electrons. The van der Waals surface area contributed by atoms with Crippen LogP contribution in [0.1, 0.15) is 104 Å². The van der Waals surface area contributed by atoms with Crippen LogP contribution in [0.15, 0.2) is 54.6 Å². The number of rotatable bonds is 15. The molecule has 0 aliphatic carbocycles. The SMILES string of the molecule is C#Cc1ccccc1C(C(=O)NC(Cc1ccccc1)C(=O)OC(C)(C)C)N(C(=O)C(CC(N)=O)NC(=O)OC(C)(C)C)C(C)CCC(C)C. The van der Waals surface area contributed by atoms with Crippen molar-refractivity contribution >= 4 is 29.8 Å². The molecule has 0 heterocycles. The van der Waals surface area contributed by atoms with E-state index in [0.29, 0.717) is 24.0 Å². The van der Waals surface area contributed by atoms with E-state index in [1.807, 2.05) is 44.2 Å². The number of carbonyl (C=O) groups is 5. The normalized spacial score (nSPS) is 13.9. The van der Waals surface area contributed by atoms with Crippen LogP contribution >= 0.6 is 0 Å². The van der Waals surface area contributed by atoms with Crippen molar-refractivity contribution in [3.63, 3.8) is 0 Å². The summed E-state index contributed by atoms with van der Waals surface area (Å²) in [4.78, 5) is 69.6. The molecule has 0 bridgehead atoms. The number of alkyl carbamates (subject to hydrolysis) is 1. The summed E-state index contributed by atoms with van der Waals surface area (Å²) in [5.74, 6) is -0.123. The number of hydrogen-bond donors (Lipinski definition) is 3. The van der Waals surface area contributed by atoms with Crippen LogP contribution in [0.2, 0.25) is 0 Å².